The minimum Gasteiger partial charge on any atom is -0.495 e. The fraction of sp³-hybridized carbons (Fsp3) is 0.0667. The molecule has 0 saturated carbocycles. The Balaban J connectivity index is 2.26. The second-order valence-corrected chi connectivity index (χ2v) is 4.43. The van der Waals surface area contributed by atoms with Crippen molar-refractivity contribution < 1.29 is 9.53 Å². The normalized spacial score (nSPS) is 9.65. The maximum absolute atomic E-state index is 12.1. The number of nitrogens with one attached hydrogen (secondary N) is 1. The van der Waals surface area contributed by atoms with E-state index in [1.54, 1.807) is 42.5 Å². The molecule has 0 atom stereocenters. The fourth-order valence-electron chi connectivity index (χ4n) is 1.69. The molecule has 100 valence electrons. The highest BCUT2D eigenvalue weighted by molar-refractivity contribution is 6.31. The van der Waals surface area contributed by atoms with Crippen molar-refractivity contribution in [1.29, 1.82) is 5.26 Å². The van der Waals surface area contributed by atoms with Crippen molar-refractivity contribution in [2.75, 3.05) is 12.4 Å². The monoisotopic (exact) mass is 286 g/mol. The number of hydrogen-bond donors (Lipinski definition) is 1. The van der Waals surface area contributed by atoms with E-state index >= 15 is 0 Å². The molecule has 2 aromatic rings. The maximum atomic E-state index is 12.1. The molecule has 20 heavy (non-hydrogen) atoms. The topological polar surface area (TPSA) is 62.1 Å². The van der Waals surface area contributed by atoms with Gasteiger partial charge >= 0.3 is 0 Å². The summed E-state index contributed by atoms with van der Waals surface area (Å²) >= 11 is 5.85. The number of ether oxygens (including phenoxy) is 1. The first-order valence-corrected chi connectivity index (χ1v) is 6.17. The van der Waals surface area contributed by atoms with Crippen LogP contribution in [0.15, 0.2) is 42.5 Å². The maximum Gasteiger partial charge on any atom is 0.255 e. The van der Waals surface area contributed by atoms with Gasteiger partial charge in [0.05, 0.1) is 24.4 Å². The average Bonchev–Trinajstić information content (AvgIpc) is 2.47. The molecule has 4 nitrogen and oxygen atoms in total. The van der Waals surface area contributed by atoms with Gasteiger partial charge in [0.1, 0.15) is 5.75 Å². The minimum absolute atomic E-state index is 0.296. The van der Waals surface area contributed by atoms with Gasteiger partial charge in [0.2, 0.25) is 0 Å². The van der Waals surface area contributed by atoms with Crippen LogP contribution in [0, 0.1) is 11.3 Å². The number of amides is 1. The number of hydrogen-bond acceptors (Lipinski definition) is 3. The van der Waals surface area contributed by atoms with Crippen molar-refractivity contribution in [3.05, 3.63) is 58.6 Å². The Bertz CT molecular complexity index is 693. The number of nitriles is 1. The Kier molecular flexibility index (Phi) is 4.24. The van der Waals surface area contributed by atoms with E-state index in [-0.39, 0.29) is 5.91 Å². The van der Waals surface area contributed by atoms with Crippen LogP contribution in [0.2, 0.25) is 5.02 Å². The summed E-state index contributed by atoms with van der Waals surface area (Å²) in [7, 11) is 1.48. The number of methoxy groups -OCH3 is 1. The summed E-state index contributed by atoms with van der Waals surface area (Å²) in [5.74, 6) is 0.134. The molecule has 0 unspecified atom stereocenters. The van der Waals surface area contributed by atoms with E-state index in [0.717, 1.165) is 0 Å². The third-order valence-corrected chi connectivity index (χ3v) is 2.90. The summed E-state index contributed by atoms with van der Waals surface area (Å²) in [5, 5.41) is 12.0. The van der Waals surface area contributed by atoms with Crippen LogP contribution in [0.4, 0.5) is 5.69 Å². The summed E-state index contributed by atoms with van der Waals surface area (Å²) in [6.45, 7) is 0. The van der Waals surface area contributed by atoms with Crippen LogP contribution in [-0.2, 0) is 0 Å². The number of nitrogens with zero attached hydrogens (tertiary/aromatic N) is 1. The quantitative estimate of drug-likeness (QED) is 0.939. The molecule has 0 bridgehead atoms. The van der Waals surface area contributed by atoms with Gasteiger partial charge in [-0.3, -0.25) is 4.79 Å². The zero-order valence-corrected chi connectivity index (χ0v) is 11.4. The summed E-state index contributed by atoms with van der Waals surface area (Å²) in [4.78, 5) is 12.1. The SMILES string of the molecule is COc1cc(C#N)ccc1NC(=O)c1cccc(Cl)c1. The Hall–Kier alpha value is -2.51. The molecule has 0 saturated heterocycles. The lowest BCUT2D eigenvalue weighted by molar-refractivity contribution is 0.102. The Morgan fingerprint density at radius 3 is 2.75 bits per heavy atom. The number of carbonyl (C=O) groups excluding carboxylic acids is 1. The second kappa shape index (κ2) is 6.09. The summed E-state index contributed by atoms with van der Waals surface area (Å²) in [6, 6.07) is 13.4. The van der Waals surface area contributed by atoms with Gasteiger partial charge in [-0.05, 0) is 30.3 Å². The van der Waals surface area contributed by atoms with Gasteiger partial charge in [-0.25, -0.2) is 0 Å². The highest BCUT2D eigenvalue weighted by Gasteiger charge is 2.10. The molecule has 0 aliphatic carbocycles. The molecule has 0 spiro atoms. The van der Waals surface area contributed by atoms with Crippen molar-refractivity contribution in [1.82, 2.24) is 0 Å². The van der Waals surface area contributed by atoms with Crippen LogP contribution < -0.4 is 10.1 Å². The van der Waals surface area contributed by atoms with Crippen molar-refractivity contribution >= 4 is 23.2 Å². The fourth-order valence-corrected chi connectivity index (χ4v) is 1.88. The van der Waals surface area contributed by atoms with Crippen molar-refractivity contribution in [3.8, 4) is 11.8 Å². The molecule has 5 heteroatoms. The molecule has 1 amide bonds. The molecule has 0 heterocycles. The first-order chi connectivity index (χ1) is 9.63. The molecule has 0 fully saturated rings. The van der Waals surface area contributed by atoms with Crippen LogP contribution in [0.1, 0.15) is 15.9 Å². The van der Waals surface area contributed by atoms with Crippen LogP contribution in [0.25, 0.3) is 0 Å². The Labute approximate surface area is 121 Å². The van der Waals surface area contributed by atoms with E-state index in [4.69, 9.17) is 21.6 Å². The summed E-state index contributed by atoms with van der Waals surface area (Å²) < 4.78 is 5.16. The molecule has 0 aromatic heterocycles. The third-order valence-electron chi connectivity index (χ3n) is 2.67. The number of halogens is 1. The van der Waals surface area contributed by atoms with E-state index in [1.165, 1.54) is 7.11 Å². The lowest BCUT2D eigenvalue weighted by Crippen LogP contribution is -2.12. The Morgan fingerprint density at radius 2 is 2.10 bits per heavy atom. The lowest BCUT2D eigenvalue weighted by atomic mass is 10.1. The molecular formula is C15H11ClN2O2. The zero-order chi connectivity index (χ0) is 14.5. The van der Waals surface area contributed by atoms with Gasteiger partial charge in [0, 0.05) is 16.7 Å². The largest absolute Gasteiger partial charge is 0.495 e. The van der Waals surface area contributed by atoms with Crippen molar-refractivity contribution in [2.24, 2.45) is 0 Å². The molecule has 1 N–H and O–H groups in total. The third kappa shape index (κ3) is 3.08. The van der Waals surface area contributed by atoms with Gasteiger partial charge in [-0.15, -0.1) is 0 Å². The van der Waals surface area contributed by atoms with E-state index in [0.29, 0.717) is 27.6 Å². The van der Waals surface area contributed by atoms with Gasteiger partial charge in [-0.2, -0.15) is 5.26 Å². The zero-order valence-electron chi connectivity index (χ0n) is 10.7. The summed E-state index contributed by atoms with van der Waals surface area (Å²) in [6.07, 6.45) is 0. The molecular weight excluding hydrogens is 276 g/mol. The molecule has 0 radical (unpaired) electrons. The first-order valence-electron chi connectivity index (χ1n) is 5.79. The molecule has 2 aromatic carbocycles. The average molecular weight is 287 g/mol. The van der Waals surface area contributed by atoms with Crippen molar-refractivity contribution in [2.45, 2.75) is 0 Å². The molecule has 0 aliphatic heterocycles. The predicted molar refractivity (Wildman–Crippen MR) is 77.1 cm³/mol. The van der Waals surface area contributed by atoms with E-state index in [1.807, 2.05) is 6.07 Å². The Morgan fingerprint density at radius 1 is 1.30 bits per heavy atom. The smallest absolute Gasteiger partial charge is 0.255 e. The first kappa shape index (κ1) is 13.9. The number of benzene rings is 2. The van der Waals surface area contributed by atoms with Gasteiger partial charge in [0.15, 0.2) is 0 Å². The van der Waals surface area contributed by atoms with E-state index in [2.05, 4.69) is 5.32 Å². The highest BCUT2D eigenvalue weighted by Crippen LogP contribution is 2.26. The standard InChI is InChI=1S/C15H11ClN2O2/c1-20-14-7-10(9-17)5-6-13(14)18-15(19)11-3-2-4-12(16)8-11/h2-8H,1H3,(H,18,19). The molecule has 2 rings (SSSR count). The predicted octanol–water partition coefficient (Wildman–Crippen LogP) is 3.47. The van der Waals surface area contributed by atoms with Crippen molar-refractivity contribution in [3.63, 3.8) is 0 Å². The van der Waals surface area contributed by atoms with Gasteiger partial charge < -0.3 is 10.1 Å². The van der Waals surface area contributed by atoms with Gasteiger partial charge in [-0.1, -0.05) is 17.7 Å². The number of anilines is 1. The van der Waals surface area contributed by atoms with E-state index < -0.39 is 0 Å². The van der Waals surface area contributed by atoms with Crippen LogP contribution in [-0.4, -0.2) is 13.0 Å². The molecule has 0 aliphatic rings. The number of carbonyl (C=O) groups is 1. The minimum atomic E-state index is -0.296. The van der Waals surface area contributed by atoms with Crippen LogP contribution in [0.3, 0.4) is 0 Å². The highest BCUT2D eigenvalue weighted by atomic mass is 35.5. The van der Waals surface area contributed by atoms with Crippen LogP contribution >= 0.6 is 11.6 Å². The van der Waals surface area contributed by atoms with E-state index in [9.17, 15) is 4.79 Å². The number of rotatable bonds is 3. The van der Waals surface area contributed by atoms with Crippen LogP contribution in [0.5, 0.6) is 5.75 Å². The van der Waals surface area contributed by atoms with Gasteiger partial charge in [0.25, 0.3) is 5.91 Å². The lowest BCUT2D eigenvalue weighted by Gasteiger charge is -2.10. The second-order valence-electron chi connectivity index (χ2n) is 3.99. The summed E-state index contributed by atoms with van der Waals surface area (Å²) in [5.41, 5.74) is 1.41.